The standard InChI is InChI=1S/C30H31Cl2N3O2/c31-21-5-8-23(9-6-21)35-16-13-26-27-17-22(32)7-12-28(27)33-29(26)30(35)20-3-10-25(11-4-20)37-19-24(36)18-34-14-1-2-15-34/h3-12,17,24,30,33,36H,1-2,13-16,18-19H2. The minimum absolute atomic E-state index is 0.00547. The van der Waals surface area contributed by atoms with E-state index in [4.69, 9.17) is 27.9 Å². The first-order valence-electron chi connectivity index (χ1n) is 13.0. The van der Waals surface area contributed by atoms with Gasteiger partial charge in [0, 0.05) is 45.4 Å². The van der Waals surface area contributed by atoms with Gasteiger partial charge in [0.15, 0.2) is 0 Å². The van der Waals surface area contributed by atoms with Gasteiger partial charge in [-0.15, -0.1) is 0 Å². The summed E-state index contributed by atoms with van der Waals surface area (Å²) in [6, 6.07) is 22.4. The highest BCUT2D eigenvalue weighted by atomic mass is 35.5. The molecule has 2 N–H and O–H groups in total. The van der Waals surface area contributed by atoms with Gasteiger partial charge in [-0.05, 0) is 98.1 Å². The molecular formula is C30H31Cl2N3O2. The van der Waals surface area contributed by atoms with Crippen LogP contribution in [0.15, 0.2) is 66.7 Å². The summed E-state index contributed by atoms with van der Waals surface area (Å²) in [6.45, 7) is 3.98. The lowest BCUT2D eigenvalue weighted by Crippen LogP contribution is -2.36. The van der Waals surface area contributed by atoms with E-state index in [0.717, 1.165) is 53.1 Å². The second kappa shape index (κ2) is 10.6. The van der Waals surface area contributed by atoms with Crippen LogP contribution in [0.3, 0.4) is 0 Å². The first-order chi connectivity index (χ1) is 18.0. The number of hydrogen-bond acceptors (Lipinski definition) is 4. The van der Waals surface area contributed by atoms with Gasteiger partial charge < -0.3 is 24.6 Å². The molecule has 37 heavy (non-hydrogen) atoms. The molecular weight excluding hydrogens is 505 g/mol. The van der Waals surface area contributed by atoms with Gasteiger partial charge >= 0.3 is 0 Å². The van der Waals surface area contributed by atoms with Crippen molar-refractivity contribution in [3.63, 3.8) is 0 Å². The van der Waals surface area contributed by atoms with E-state index in [1.54, 1.807) is 0 Å². The molecule has 1 saturated heterocycles. The largest absolute Gasteiger partial charge is 0.491 e. The number of benzene rings is 3. The average molecular weight is 537 g/mol. The number of hydrogen-bond donors (Lipinski definition) is 2. The number of anilines is 1. The van der Waals surface area contributed by atoms with Crippen LogP contribution in [0.2, 0.25) is 10.0 Å². The quantitative estimate of drug-likeness (QED) is 0.285. The van der Waals surface area contributed by atoms with Crippen molar-refractivity contribution in [2.75, 3.05) is 37.7 Å². The van der Waals surface area contributed by atoms with Gasteiger partial charge in [-0.2, -0.15) is 0 Å². The maximum Gasteiger partial charge on any atom is 0.119 e. The molecule has 1 aromatic heterocycles. The van der Waals surface area contributed by atoms with E-state index in [1.807, 2.05) is 30.3 Å². The number of nitrogens with one attached hydrogen (secondary N) is 1. The Bertz CT molecular complexity index is 1360. The Hall–Kier alpha value is -2.70. The topological polar surface area (TPSA) is 51.7 Å². The first kappa shape index (κ1) is 24.6. The number of halogens is 2. The Labute approximate surface area is 227 Å². The smallest absolute Gasteiger partial charge is 0.119 e. The van der Waals surface area contributed by atoms with E-state index in [1.165, 1.54) is 35.0 Å². The molecule has 0 spiro atoms. The van der Waals surface area contributed by atoms with Crippen molar-refractivity contribution in [2.45, 2.75) is 31.4 Å². The number of rotatable bonds is 7. The first-order valence-corrected chi connectivity index (χ1v) is 13.8. The fourth-order valence-corrected chi connectivity index (χ4v) is 6.07. The Balaban J connectivity index is 1.28. The van der Waals surface area contributed by atoms with Crippen LogP contribution in [-0.2, 0) is 6.42 Å². The van der Waals surface area contributed by atoms with Crippen LogP contribution in [0, 0.1) is 0 Å². The third-order valence-corrected chi connectivity index (χ3v) is 8.04. The number of β-amino-alcohol motifs (C(OH)–C–C–N with tert-alkyl or cyclic N) is 1. The number of nitrogens with zero attached hydrogens (tertiary/aromatic N) is 2. The molecule has 0 bridgehead atoms. The molecule has 192 valence electrons. The third kappa shape index (κ3) is 5.19. The molecule has 2 unspecified atom stereocenters. The minimum Gasteiger partial charge on any atom is -0.491 e. The molecule has 2 aliphatic heterocycles. The molecule has 2 aliphatic rings. The van der Waals surface area contributed by atoms with Gasteiger partial charge in [-0.25, -0.2) is 0 Å². The molecule has 4 aromatic rings. The molecule has 1 fully saturated rings. The monoisotopic (exact) mass is 535 g/mol. The highest BCUT2D eigenvalue weighted by Gasteiger charge is 2.32. The lowest BCUT2D eigenvalue weighted by molar-refractivity contribution is 0.0758. The fraction of sp³-hybridized carbons (Fsp3) is 0.333. The number of H-pyrrole nitrogens is 1. The predicted octanol–water partition coefficient (Wildman–Crippen LogP) is 6.46. The van der Waals surface area contributed by atoms with Crippen LogP contribution in [0.1, 0.15) is 35.7 Å². The van der Waals surface area contributed by atoms with Gasteiger partial charge in [0.05, 0.1) is 6.04 Å². The molecule has 6 rings (SSSR count). The molecule has 3 heterocycles. The van der Waals surface area contributed by atoms with Crippen LogP contribution in [0.4, 0.5) is 5.69 Å². The van der Waals surface area contributed by atoms with Crippen molar-refractivity contribution in [3.05, 3.63) is 93.6 Å². The van der Waals surface area contributed by atoms with E-state index in [-0.39, 0.29) is 6.04 Å². The highest BCUT2D eigenvalue weighted by molar-refractivity contribution is 6.31. The Morgan fingerprint density at radius 2 is 1.65 bits per heavy atom. The molecule has 0 radical (unpaired) electrons. The summed E-state index contributed by atoms with van der Waals surface area (Å²) >= 11 is 12.6. The SMILES string of the molecule is OC(COc1ccc(C2c3[nH]c4ccc(Cl)cc4c3CCN2c2ccc(Cl)cc2)cc1)CN1CCCC1. The van der Waals surface area contributed by atoms with Gasteiger partial charge in [0.1, 0.15) is 18.5 Å². The number of fused-ring (bicyclic) bond motifs is 3. The average Bonchev–Trinajstić information content (AvgIpc) is 3.55. The lowest BCUT2D eigenvalue weighted by Gasteiger charge is -2.38. The van der Waals surface area contributed by atoms with Crippen LogP contribution >= 0.6 is 23.2 Å². The van der Waals surface area contributed by atoms with Gasteiger partial charge in [-0.1, -0.05) is 35.3 Å². The summed E-state index contributed by atoms with van der Waals surface area (Å²) < 4.78 is 5.95. The highest BCUT2D eigenvalue weighted by Crippen LogP contribution is 2.41. The number of aliphatic hydroxyl groups is 1. The van der Waals surface area contributed by atoms with E-state index < -0.39 is 6.10 Å². The minimum atomic E-state index is -0.489. The third-order valence-electron chi connectivity index (χ3n) is 7.55. The molecule has 3 aromatic carbocycles. The maximum absolute atomic E-state index is 10.4. The maximum atomic E-state index is 10.4. The molecule has 0 amide bonds. The second-order valence-electron chi connectivity index (χ2n) is 10.1. The summed E-state index contributed by atoms with van der Waals surface area (Å²) in [4.78, 5) is 8.42. The van der Waals surface area contributed by atoms with Crippen molar-refractivity contribution in [3.8, 4) is 5.75 Å². The summed E-state index contributed by atoms with van der Waals surface area (Å²) in [5.41, 5.74) is 5.90. The molecule has 7 heteroatoms. The van der Waals surface area contributed by atoms with Crippen molar-refractivity contribution in [1.82, 2.24) is 9.88 Å². The van der Waals surface area contributed by atoms with Crippen molar-refractivity contribution >= 4 is 39.8 Å². The number of aromatic nitrogens is 1. The zero-order valence-electron chi connectivity index (χ0n) is 20.7. The zero-order chi connectivity index (χ0) is 25.4. The second-order valence-corrected chi connectivity index (χ2v) is 10.9. The van der Waals surface area contributed by atoms with Crippen molar-refractivity contribution < 1.29 is 9.84 Å². The summed E-state index contributed by atoms with van der Waals surface area (Å²) in [5, 5.41) is 13.1. The van der Waals surface area contributed by atoms with Crippen LogP contribution < -0.4 is 9.64 Å². The molecule has 5 nitrogen and oxygen atoms in total. The van der Waals surface area contributed by atoms with Crippen LogP contribution in [0.25, 0.3) is 10.9 Å². The molecule has 2 atom stereocenters. The van der Waals surface area contributed by atoms with Crippen molar-refractivity contribution in [2.24, 2.45) is 0 Å². The molecule has 0 aliphatic carbocycles. The Morgan fingerprint density at radius 1 is 0.919 bits per heavy atom. The van der Waals surface area contributed by atoms with Crippen LogP contribution in [0.5, 0.6) is 5.75 Å². The van der Waals surface area contributed by atoms with E-state index >= 15 is 0 Å². The zero-order valence-corrected chi connectivity index (χ0v) is 22.2. The fourth-order valence-electron chi connectivity index (χ4n) is 5.77. The van der Waals surface area contributed by atoms with E-state index in [0.29, 0.717) is 13.2 Å². The van der Waals surface area contributed by atoms with Crippen LogP contribution in [-0.4, -0.2) is 53.9 Å². The summed E-state index contributed by atoms with van der Waals surface area (Å²) in [6.07, 6.45) is 2.87. The van der Waals surface area contributed by atoms with Gasteiger partial charge in [0.25, 0.3) is 0 Å². The predicted molar refractivity (Wildman–Crippen MR) is 151 cm³/mol. The summed E-state index contributed by atoms with van der Waals surface area (Å²) in [7, 11) is 0. The Morgan fingerprint density at radius 3 is 2.41 bits per heavy atom. The summed E-state index contributed by atoms with van der Waals surface area (Å²) in [5.74, 6) is 0.765. The number of ether oxygens (including phenoxy) is 1. The van der Waals surface area contributed by atoms with Gasteiger partial charge in [-0.3, -0.25) is 0 Å². The van der Waals surface area contributed by atoms with E-state index in [9.17, 15) is 5.11 Å². The van der Waals surface area contributed by atoms with Crippen molar-refractivity contribution in [1.29, 1.82) is 0 Å². The van der Waals surface area contributed by atoms with Gasteiger partial charge in [0.2, 0.25) is 0 Å². The number of aromatic amines is 1. The Kier molecular flexibility index (Phi) is 7.04. The number of aliphatic hydroxyl groups excluding tert-OH is 1. The van der Waals surface area contributed by atoms with E-state index in [2.05, 4.69) is 51.2 Å². The normalized spacial score (nSPS) is 18.8. The molecule has 0 saturated carbocycles. The lowest BCUT2D eigenvalue weighted by atomic mass is 9.91. The number of likely N-dealkylation sites (tertiary alicyclic amines) is 1.